The van der Waals surface area contributed by atoms with Gasteiger partial charge in [0.2, 0.25) is 5.91 Å². The van der Waals surface area contributed by atoms with Gasteiger partial charge in [-0.15, -0.1) is 0 Å². The Kier molecular flexibility index (Phi) is 7.20. The van der Waals surface area contributed by atoms with Gasteiger partial charge in [0.05, 0.1) is 19.1 Å². The van der Waals surface area contributed by atoms with E-state index in [0.29, 0.717) is 0 Å². The smallest absolute Gasteiger partial charge is 0.411 e. The molecule has 1 aliphatic carbocycles. The summed E-state index contributed by atoms with van der Waals surface area (Å²) in [4.78, 5) is 39.5. The normalized spacial score (nSPS) is 23.4. The standard InChI is InChI=1S/C23H32N2O6/c1-23(2,3)31-19(27)12-17(13-26)24-21(28)20-16-9-10-18(11-16)25(20)22(29)30-14-15-7-5-4-6-8-15/h4-8,16-18,20,26H,9-14H2,1-3H3,(H,24,28)/t16-,17-,18-,20-/m0/s1. The van der Waals surface area contributed by atoms with E-state index in [2.05, 4.69) is 5.32 Å². The lowest BCUT2D eigenvalue weighted by molar-refractivity contribution is -0.155. The number of piperidine rings is 1. The van der Waals surface area contributed by atoms with Crippen molar-refractivity contribution in [2.45, 2.75) is 76.8 Å². The third kappa shape index (κ3) is 5.97. The van der Waals surface area contributed by atoms with Gasteiger partial charge in [-0.1, -0.05) is 30.3 Å². The second-order valence-corrected chi connectivity index (χ2v) is 9.30. The zero-order chi connectivity index (χ0) is 22.6. The summed E-state index contributed by atoms with van der Waals surface area (Å²) < 4.78 is 10.8. The van der Waals surface area contributed by atoms with Crippen molar-refractivity contribution in [1.29, 1.82) is 0 Å². The number of carbonyl (C=O) groups excluding carboxylic acids is 3. The fraction of sp³-hybridized carbons (Fsp3) is 0.609. The molecule has 2 aliphatic rings. The molecule has 2 bridgehead atoms. The Morgan fingerprint density at radius 1 is 1.19 bits per heavy atom. The van der Waals surface area contributed by atoms with Gasteiger partial charge in [-0.3, -0.25) is 14.5 Å². The van der Waals surface area contributed by atoms with Crippen LogP contribution in [-0.2, 0) is 25.7 Å². The first-order valence-corrected chi connectivity index (χ1v) is 10.8. The molecule has 1 saturated carbocycles. The predicted molar refractivity (Wildman–Crippen MR) is 113 cm³/mol. The Morgan fingerprint density at radius 3 is 2.55 bits per heavy atom. The van der Waals surface area contributed by atoms with Gasteiger partial charge in [0, 0.05) is 6.04 Å². The van der Waals surface area contributed by atoms with Crippen molar-refractivity contribution in [3.8, 4) is 0 Å². The highest BCUT2D eigenvalue weighted by molar-refractivity contribution is 5.87. The number of hydrogen-bond donors (Lipinski definition) is 2. The average Bonchev–Trinajstić information content (AvgIpc) is 3.32. The Hall–Kier alpha value is -2.61. The van der Waals surface area contributed by atoms with E-state index in [1.54, 1.807) is 20.8 Å². The highest BCUT2D eigenvalue weighted by Gasteiger charge is 2.52. The molecule has 31 heavy (non-hydrogen) atoms. The molecular weight excluding hydrogens is 400 g/mol. The van der Waals surface area contributed by atoms with Crippen LogP contribution in [0.1, 0.15) is 52.0 Å². The molecule has 3 rings (SSSR count). The maximum Gasteiger partial charge on any atom is 0.411 e. The van der Waals surface area contributed by atoms with Crippen LogP contribution in [0, 0.1) is 5.92 Å². The number of benzene rings is 1. The summed E-state index contributed by atoms with van der Waals surface area (Å²) >= 11 is 0. The van der Waals surface area contributed by atoms with Gasteiger partial charge in [0.25, 0.3) is 0 Å². The van der Waals surface area contributed by atoms with Crippen molar-refractivity contribution < 1.29 is 29.0 Å². The van der Waals surface area contributed by atoms with Crippen LogP contribution in [0.4, 0.5) is 4.79 Å². The minimum absolute atomic E-state index is 0.0255. The first-order chi connectivity index (χ1) is 14.7. The molecule has 0 radical (unpaired) electrons. The first kappa shape index (κ1) is 23.1. The largest absolute Gasteiger partial charge is 0.460 e. The van der Waals surface area contributed by atoms with Crippen LogP contribution < -0.4 is 5.32 Å². The zero-order valence-electron chi connectivity index (χ0n) is 18.4. The maximum absolute atomic E-state index is 13.0. The number of likely N-dealkylation sites (tertiary alicyclic amines) is 1. The molecule has 1 aromatic rings. The second-order valence-electron chi connectivity index (χ2n) is 9.30. The van der Waals surface area contributed by atoms with Crippen LogP contribution in [0.3, 0.4) is 0 Å². The van der Waals surface area contributed by atoms with Crippen molar-refractivity contribution in [3.05, 3.63) is 35.9 Å². The molecule has 170 valence electrons. The first-order valence-electron chi connectivity index (χ1n) is 10.8. The monoisotopic (exact) mass is 432 g/mol. The van der Waals surface area contributed by atoms with Gasteiger partial charge in [-0.2, -0.15) is 0 Å². The Bertz CT molecular complexity index is 791. The number of nitrogens with zero attached hydrogens (tertiary/aromatic N) is 1. The summed E-state index contributed by atoms with van der Waals surface area (Å²) in [5.74, 6) is -0.819. The summed E-state index contributed by atoms with van der Waals surface area (Å²) in [6, 6.07) is 7.92. The minimum atomic E-state index is -0.774. The van der Waals surface area contributed by atoms with Gasteiger partial charge in [-0.05, 0) is 51.5 Å². The molecule has 1 aliphatic heterocycles. The summed E-state index contributed by atoms with van der Waals surface area (Å²) in [6.07, 6.45) is 1.81. The van der Waals surface area contributed by atoms with Crippen molar-refractivity contribution in [3.63, 3.8) is 0 Å². The summed E-state index contributed by atoms with van der Waals surface area (Å²) in [6.45, 7) is 5.01. The van der Waals surface area contributed by atoms with E-state index in [-0.39, 0.29) is 30.9 Å². The number of fused-ring (bicyclic) bond motifs is 2. The molecule has 4 atom stereocenters. The average molecular weight is 433 g/mol. The summed E-state index contributed by atoms with van der Waals surface area (Å²) in [7, 11) is 0. The van der Waals surface area contributed by atoms with Crippen LogP contribution in [0.5, 0.6) is 0 Å². The molecule has 0 spiro atoms. The van der Waals surface area contributed by atoms with E-state index in [0.717, 1.165) is 24.8 Å². The molecule has 1 aromatic carbocycles. The summed E-state index contributed by atoms with van der Waals surface area (Å²) in [5.41, 5.74) is 0.226. The third-order valence-corrected chi connectivity index (χ3v) is 5.67. The molecule has 0 aromatic heterocycles. The molecular formula is C23H32N2O6. The number of hydrogen-bond acceptors (Lipinski definition) is 6. The van der Waals surface area contributed by atoms with Crippen LogP contribution in [0.2, 0.25) is 0 Å². The van der Waals surface area contributed by atoms with E-state index >= 15 is 0 Å². The lowest BCUT2D eigenvalue weighted by atomic mass is 9.97. The van der Waals surface area contributed by atoms with Crippen LogP contribution in [-0.4, -0.2) is 58.3 Å². The lowest BCUT2D eigenvalue weighted by Crippen LogP contribution is -2.55. The highest BCUT2D eigenvalue weighted by Crippen LogP contribution is 2.43. The van der Waals surface area contributed by atoms with E-state index < -0.39 is 36.4 Å². The lowest BCUT2D eigenvalue weighted by Gasteiger charge is -2.34. The molecule has 8 nitrogen and oxygen atoms in total. The number of ether oxygens (including phenoxy) is 2. The molecule has 0 unspecified atom stereocenters. The van der Waals surface area contributed by atoms with E-state index in [1.807, 2.05) is 30.3 Å². The quantitative estimate of drug-likeness (QED) is 0.641. The number of carbonyl (C=O) groups is 3. The van der Waals surface area contributed by atoms with E-state index in [9.17, 15) is 19.5 Å². The number of aliphatic hydroxyl groups excluding tert-OH is 1. The van der Waals surface area contributed by atoms with Gasteiger partial charge >= 0.3 is 12.1 Å². The van der Waals surface area contributed by atoms with E-state index in [4.69, 9.17) is 9.47 Å². The number of nitrogens with one attached hydrogen (secondary N) is 1. The molecule has 1 heterocycles. The maximum atomic E-state index is 13.0. The highest BCUT2D eigenvalue weighted by atomic mass is 16.6. The molecule has 8 heteroatoms. The van der Waals surface area contributed by atoms with Crippen LogP contribution in [0.15, 0.2) is 30.3 Å². The number of amides is 2. The van der Waals surface area contributed by atoms with Crippen LogP contribution in [0.25, 0.3) is 0 Å². The SMILES string of the molecule is CC(C)(C)OC(=O)C[C@@H](CO)NC(=O)[C@@H]1[C@H]2CC[C@@H](C2)N1C(=O)OCc1ccccc1. The van der Waals surface area contributed by atoms with Crippen molar-refractivity contribution in [2.75, 3.05) is 6.61 Å². The fourth-order valence-corrected chi connectivity index (χ4v) is 4.41. The van der Waals surface area contributed by atoms with Crippen LogP contribution >= 0.6 is 0 Å². The molecule has 2 amide bonds. The third-order valence-electron chi connectivity index (χ3n) is 5.67. The second kappa shape index (κ2) is 9.68. The Balaban J connectivity index is 1.61. The Labute approximate surface area is 182 Å². The summed E-state index contributed by atoms with van der Waals surface area (Å²) in [5, 5.41) is 12.4. The fourth-order valence-electron chi connectivity index (χ4n) is 4.41. The van der Waals surface area contributed by atoms with Crippen molar-refractivity contribution >= 4 is 18.0 Å². The zero-order valence-corrected chi connectivity index (χ0v) is 18.4. The van der Waals surface area contributed by atoms with Gasteiger partial charge in [-0.25, -0.2) is 4.79 Å². The molecule has 2 fully saturated rings. The van der Waals surface area contributed by atoms with Crippen molar-refractivity contribution in [2.24, 2.45) is 5.92 Å². The molecule has 2 N–H and O–H groups in total. The Morgan fingerprint density at radius 2 is 1.90 bits per heavy atom. The molecule has 1 saturated heterocycles. The van der Waals surface area contributed by atoms with Gasteiger partial charge < -0.3 is 19.9 Å². The van der Waals surface area contributed by atoms with Crippen molar-refractivity contribution in [1.82, 2.24) is 10.2 Å². The van der Waals surface area contributed by atoms with Gasteiger partial charge in [0.1, 0.15) is 18.2 Å². The topological polar surface area (TPSA) is 105 Å². The number of rotatable bonds is 7. The predicted octanol–water partition coefficient (Wildman–Crippen LogP) is 2.38. The van der Waals surface area contributed by atoms with Gasteiger partial charge in [0.15, 0.2) is 0 Å². The van der Waals surface area contributed by atoms with E-state index in [1.165, 1.54) is 4.90 Å². The minimum Gasteiger partial charge on any atom is -0.460 e. The number of aliphatic hydroxyl groups is 1. The number of esters is 1.